The number of pyridine rings is 1. The van der Waals surface area contributed by atoms with Crippen LogP contribution in [-0.4, -0.2) is 39.2 Å². The highest BCUT2D eigenvalue weighted by Crippen LogP contribution is 2.46. The summed E-state index contributed by atoms with van der Waals surface area (Å²) in [6.07, 6.45) is 7.64. The van der Waals surface area contributed by atoms with Gasteiger partial charge in [-0.3, -0.25) is 4.98 Å². The minimum atomic E-state index is -0.110. The second-order valence-electron chi connectivity index (χ2n) is 8.12. The zero-order valence-corrected chi connectivity index (χ0v) is 16.3. The Labute approximate surface area is 160 Å². The molecule has 3 heterocycles. The van der Waals surface area contributed by atoms with Gasteiger partial charge in [0, 0.05) is 36.6 Å². The number of anilines is 1. The average Bonchev–Trinajstić information content (AvgIpc) is 3.02. The van der Waals surface area contributed by atoms with Crippen LogP contribution in [0.1, 0.15) is 49.2 Å². The minimum absolute atomic E-state index is 0.110. The Balaban J connectivity index is 1.61. The molecule has 0 aromatic carbocycles. The average molecular weight is 367 g/mol. The number of aliphatic hydroxyl groups excluding tert-OH is 1. The van der Waals surface area contributed by atoms with Crippen LogP contribution in [0.4, 0.5) is 5.82 Å². The van der Waals surface area contributed by atoms with E-state index in [1.807, 2.05) is 26.0 Å². The molecule has 2 aliphatic rings. The Morgan fingerprint density at radius 2 is 2.00 bits per heavy atom. The van der Waals surface area contributed by atoms with Gasteiger partial charge in [0.25, 0.3) is 0 Å². The number of hydrogen-bond acceptors (Lipinski definition) is 6. The molecule has 0 amide bonds. The van der Waals surface area contributed by atoms with Crippen LogP contribution in [0.25, 0.3) is 11.3 Å². The fraction of sp³-hybridized carbons (Fsp3) is 0.571. The van der Waals surface area contributed by atoms with E-state index in [-0.39, 0.29) is 6.61 Å². The van der Waals surface area contributed by atoms with Crippen molar-refractivity contribution < 1.29 is 5.11 Å². The highest BCUT2D eigenvalue weighted by molar-refractivity contribution is 5.64. The van der Waals surface area contributed by atoms with E-state index >= 15 is 0 Å². The molecule has 1 spiro atoms. The SMILES string of the molecule is Cc1cc(-c2nc(CO)c(N3CCC4(CCC[C@H]4N)CC3)nc2C)ccn1. The van der Waals surface area contributed by atoms with Gasteiger partial charge in [-0.05, 0) is 57.1 Å². The molecule has 1 aliphatic carbocycles. The molecule has 0 radical (unpaired) electrons. The number of rotatable bonds is 3. The lowest BCUT2D eigenvalue weighted by Crippen LogP contribution is -2.47. The molecule has 1 aliphatic heterocycles. The van der Waals surface area contributed by atoms with Crippen molar-refractivity contribution in [2.45, 2.75) is 58.6 Å². The Bertz CT molecular complexity index is 829. The van der Waals surface area contributed by atoms with E-state index < -0.39 is 0 Å². The smallest absolute Gasteiger partial charge is 0.153 e. The third-order valence-corrected chi connectivity index (χ3v) is 6.48. The zero-order valence-electron chi connectivity index (χ0n) is 16.3. The highest BCUT2D eigenvalue weighted by atomic mass is 16.3. The minimum Gasteiger partial charge on any atom is -0.390 e. The van der Waals surface area contributed by atoms with Crippen LogP contribution in [0, 0.1) is 19.3 Å². The van der Waals surface area contributed by atoms with Gasteiger partial charge in [-0.1, -0.05) is 6.42 Å². The van der Waals surface area contributed by atoms with E-state index in [1.54, 1.807) is 6.20 Å². The summed E-state index contributed by atoms with van der Waals surface area (Å²) < 4.78 is 0. The topological polar surface area (TPSA) is 88.2 Å². The molecule has 0 bridgehead atoms. The summed E-state index contributed by atoms with van der Waals surface area (Å²) in [5, 5.41) is 9.95. The van der Waals surface area contributed by atoms with Crippen LogP contribution in [0.3, 0.4) is 0 Å². The van der Waals surface area contributed by atoms with Gasteiger partial charge in [-0.15, -0.1) is 0 Å². The molecule has 1 atom stereocenters. The van der Waals surface area contributed by atoms with Crippen LogP contribution in [0.5, 0.6) is 0 Å². The molecule has 0 unspecified atom stereocenters. The lowest BCUT2D eigenvalue weighted by molar-refractivity contribution is 0.196. The molecule has 1 saturated heterocycles. The first-order valence-electron chi connectivity index (χ1n) is 9.94. The van der Waals surface area contributed by atoms with E-state index in [1.165, 1.54) is 12.8 Å². The summed E-state index contributed by atoms with van der Waals surface area (Å²) in [6.45, 7) is 5.71. The normalized spacial score (nSPS) is 21.8. The summed E-state index contributed by atoms with van der Waals surface area (Å²) >= 11 is 0. The standard InChI is InChI=1S/C21H29N5O/c1-14-12-16(5-9-23-14)19-15(2)24-20(17(13-27)25-19)26-10-7-21(8-11-26)6-3-4-18(21)22/h5,9,12,18,27H,3-4,6-8,10-11,13,22H2,1-2H3/t18-/m1/s1. The van der Waals surface area contributed by atoms with Gasteiger partial charge in [0.05, 0.1) is 18.0 Å². The van der Waals surface area contributed by atoms with Crippen molar-refractivity contribution in [1.29, 1.82) is 0 Å². The van der Waals surface area contributed by atoms with Crippen LogP contribution in [0.2, 0.25) is 0 Å². The van der Waals surface area contributed by atoms with Crippen molar-refractivity contribution in [1.82, 2.24) is 15.0 Å². The van der Waals surface area contributed by atoms with Gasteiger partial charge < -0.3 is 15.7 Å². The van der Waals surface area contributed by atoms with Crippen molar-refractivity contribution in [2.75, 3.05) is 18.0 Å². The predicted molar refractivity (Wildman–Crippen MR) is 106 cm³/mol. The molecule has 27 heavy (non-hydrogen) atoms. The molecule has 1 saturated carbocycles. The van der Waals surface area contributed by atoms with Crippen molar-refractivity contribution in [3.05, 3.63) is 35.4 Å². The van der Waals surface area contributed by atoms with Gasteiger partial charge in [-0.2, -0.15) is 0 Å². The maximum Gasteiger partial charge on any atom is 0.153 e. The van der Waals surface area contributed by atoms with Gasteiger partial charge >= 0.3 is 0 Å². The second-order valence-corrected chi connectivity index (χ2v) is 8.12. The first-order valence-corrected chi connectivity index (χ1v) is 9.94. The third kappa shape index (κ3) is 3.32. The molecular formula is C21H29N5O. The molecule has 2 aromatic heterocycles. The number of piperidine rings is 1. The van der Waals surface area contributed by atoms with Crippen LogP contribution >= 0.6 is 0 Å². The summed E-state index contributed by atoms with van der Waals surface area (Å²) in [7, 11) is 0. The Kier molecular flexibility index (Phi) is 4.86. The number of hydrogen-bond donors (Lipinski definition) is 2. The lowest BCUT2D eigenvalue weighted by atomic mass is 9.74. The summed E-state index contributed by atoms with van der Waals surface area (Å²) in [4.78, 5) is 16.2. The van der Waals surface area contributed by atoms with Crippen molar-refractivity contribution >= 4 is 5.82 Å². The summed E-state index contributed by atoms with van der Waals surface area (Å²) in [6, 6.07) is 4.28. The molecule has 6 heteroatoms. The van der Waals surface area contributed by atoms with Gasteiger partial charge in [0.15, 0.2) is 5.82 Å². The summed E-state index contributed by atoms with van der Waals surface area (Å²) in [5.41, 5.74) is 11.0. The molecular weight excluding hydrogens is 338 g/mol. The largest absolute Gasteiger partial charge is 0.390 e. The van der Waals surface area contributed by atoms with Crippen molar-refractivity contribution in [3.8, 4) is 11.3 Å². The van der Waals surface area contributed by atoms with Crippen LogP contribution in [0.15, 0.2) is 18.3 Å². The monoisotopic (exact) mass is 367 g/mol. The molecule has 2 fully saturated rings. The van der Waals surface area contributed by atoms with E-state index in [2.05, 4.69) is 9.88 Å². The van der Waals surface area contributed by atoms with Crippen LogP contribution in [-0.2, 0) is 6.61 Å². The fourth-order valence-corrected chi connectivity index (χ4v) is 4.82. The van der Waals surface area contributed by atoms with E-state index in [0.717, 1.165) is 60.8 Å². The quantitative estimate of drug-likeness (QED) is 0.867. The molecule has 2 aromatic rings. The van der Waals surface area contributed by atoms with Gasteiger partial charge in [0.1, 0.15) is 5.69 Å². The number of nitrogens with two attached hydrogens (primary N) is 1. The predicted octanol–water partition coefficient (Wildman–Crippen LogP) is 2.75. The van der Waals surface area contributed by atoms with Gasteiger partial charge in [0.2, 0.25) is 0 Å². The maximum atomic E-state index is 9.95. The van der Waals surface area contributed by atoms with Crippen molar-refractivity contribution in [2.24, 2.45) is 11.1 Å². The first-order chi connectivity index (χ1) is 13.0. The number of nitrogens with zero attached hydrogens (tertiary/aromatic N) is 4. The van der Waals surface area contributed by atoms with Crippen molar-refractivity contribution in [3.63, 3.8) is 0 Å². The van der Waals surface area contributed by atoms with E-state index in [4.69, 9.17) is 15.7 Å². The Hall–Kier alpha value is -2.05. The lowest BCUT2D eigenvalue weighted by Gasteiger charge is -2.42. The number of aliphatic hydroxyl groups is 1. The Morgan fingerprint density at radius 1 is 1.22 bits per heavy atom. The third-order valence-electron chi connectivity index (χ3n) is 6.48. The number of aromatic nitrogens is 3. The second kappa shape index (κ2) is 7.17. The molecule has 144 valence electrons. The molecule has 4 rings (SSSR count). The van der Waals surface area contributed by atoms with E-state index in [9.17, 15) is 5.11 Å². The first kappa shape index (κ1) is 18.3. The van der Waals surface area contributed by atoms with E-state index in [0.29, 0.717) is 17.2 Å². The number of aryl methyl sites for hydroxylation is 2. The summed E-state index contributed by atoms with van der Waals surface area (Å²) in [5.74, 6) is 0.825. The molecule has 3 N–H and O–H groups in total. The highest BCUT2D eigenvalue weighted by Gasteiger charge is 2.43. The maximum absolute atomic E-state index is 9.95. The Morgan fingerprint density at radius 3 is 2.63 bits per heavy atom. The van der Waals surface area contributed by atoms with Gasteiger partial charge in [-0.25, -0.2) is 9.97 Å². The zero-order chi connectivity index (χ0) is 19.0. The van der Waals surface area contributed by atoms with Crippen LogP contribution < -0.4 is 10.6 Å². The molecule has 6 nitrogen and oxygen atoms in total. The fourth-order valence-electron chi connectivity index (χ4n) is 4.82.